The largest absolute Gasteiger partial charge is 0.434 e. The smallest absolute Gasteiger partial charge is 0.430 e. The molecule has 0 amide bonds. The van der Waals surface area contributed by atoms with Gasteiger partial charge in [0.1, 0.15) is 11.3 Å². The van der Waals surface area contributed by atoms with E-state index < -0.39 is 16.9 Å². The van der Waals surface area contributed by atoms with Gasteiger partial charge < -0.3 is 19.1 Å². The zero-order chi connectivity index (χ0) is 16.5. The molecule has 0 atom stereocenters. The van der Waals surface area contributed by atoms with Crippen LogP contribution in [0.15, 0.2) is 22.6 Å². The maximum Gasteiger partial charge on any atom is 0.430 e. The number of hydrogen-bond donors (Lipinski definition) is 1. The second-order valence-corrected chi connectivity index (χ2v) is 5.64. The van der Waals surface area contributed by atoms with Crippen molar-refractivity contribution < 1.29 is 26.1 Å². The third-order valence-corrected chi connectivity index (χ3v) is 3.92. The van der Waals surface area contributed by atoms with Gasteiger partial charge in [-0.3, -0.25) is 0 Å². The number of rotatable bonds is 2. The minimum absolute atomic E-state index is 0.0299. The molecular formula is C11H11F2N3O4S2. The standard InChI is InChI=1S/C11H11F2N3O4S2/c1-14-11(21)16(2)9-8-6(19-10(12)13)4-3-5-7(8)20-22(17,18)15-9/h3-5,10H,1-2H3,(H,14,21). The van der Waals surface area contributed by atoms with Crippen molar-refractivity contribution in [1.82, 2.24) is 10.2 Å². The predicted octanol–water partition coefficient (Wildman–Crippen LogP) is 1.11. The Kier molecular flexibility index (Phi) is 4.47. The Morgan fingerprint density at radius 1 is 1.50 bits per heavy atom. The van der Waals surface area contributed by atoms with Gasteiger partial charge in [-0.15, -0.1) is 4.40 Å². The molecule has 1 aromatic carbocycles. The lowest BCUT2D eigenvalue weighted by molar-refractivity contribution is -0.0500. The maximum atomic E-state index is 12.5. The number of nitrogens with zero attached hydrogens (tertiary/aromatic N) is 2. The molecule has 7 nitrogen and oxygen atoms in total. The van der Waals surface area contributed by atoms with Crippen LogP contribution in [0.5, 0.6) is 11.5 Å². The Balaban J connectivity index is 2.63. The molecule has 1 aromatic rings. The van der Waals surface area contributed by atoms with Crippen LogP contribution in [-0.2, 0) is 10.3 Å². The molecule has 120 valence electrons. The Hall–Kier alpha value is -2.01. The fourth-order valence-corrected chi connectivity index (χ4v) is 2.69. The number of halogens is 2. The predicted molar refractivity (Wildman–Crippen MR) is 78.6 cm³/mol. The summed E-state index contributed by atoms with van der Waals surface area (Å²) in [5.74, 6) is -0.627. The van der Waals surface area contributed by atoms with Crippen LogP contribution in [0.1, 0.15) is 5.56 Å². The number of ether oxygens (including phenoxy) is 1. The van der Waals surface area contributed by atoms with Gasteiger partial charge in [-0.25, -0.2) is 0 Å². The second-order valence-electron chi connectivity index (χ2n) is 4.05. The number of fused-ring (bicyclic) bond motifs is 1. The zero-order valence-electron chi connectivity index (χ0n) is 11.4. The normalized spacial score (nSPS) is 15.4. The molecule has 2 rings (SSSR count). The van der Waals surface area contributed by atoms with Crippen LogP contribution in [0.2, 0.25) is 0 Å². The maximum absolute atomic E-state index is 12.5. The van der Waals surface area contributed by atoms with Crippen molar-refractivity contribution in [3.8, 4) is 11.5 Å². The highest BCUT2D eigenvalue weighted by atomic mass is 32.2. The van der Waals surface area contributed by atoms with E-state index in [1.807, 2.05) is 0 Å². The van der Waals surface area contributed by atoms with E-state index in [0.717, 1.165) is 0 Å². The highest BCUT2D eigenvalue weighted by Gasteiger charge is 2.32. The Labute approximate surface area is 130 Å². The minimum Gasteiger partial charge on any atom is -0.434 e. The first-order valence-corrected chi connectivity index (χ1v) is 7.60. The molecule has 1 aliphatic heterocycles. The van der Waals surface area contributed by atoms with Crippen molar-refractivity contribution in [2.24, 2.45) is 4.40 Å². The summed E-state index contributed by atoms with van der Waals surface area (Å²) in [6.07, 6.45) is 0. The molecule has 1 heterocycles. The van der Waals surface area contributed by atoms with E-state index >= 15 is 0 Å². The van der Waals surface area contributed by atoms with Gasteiger partial charge in [0.2, 0.25) is 0 Å². The molecule has 0 aliphatic carbocycles. The molecule has 0 fully saturated rings. The van der Waals surface area contributed by atoms with Gasteiger partial charge in [-0.05, 0) is 24.4 Å². The van der Waals surface area contributed by atoms with Crippen LogP contribution < -0.4 is 14.2 Å². The number of thiocarbonyl (C=S) groups is 1. The summed E-state index contributed by atoms with van der Waals surface area (Å²) in [7, 11) is -1.31. The van der Waals surface area contributed by atoms with Crippen LogP contribution in [0, 0.1) is 0 Å². The van der Waals surface area contributed by atoms with E-state index in [0.29, 0.717) is 0 Å². The Morgan fingerprint density at radius 2 is 2.18 bits per heavy atom. The summed E-state index contributed by atoms with van der Waals surface area (Å²) in [6.45, 7) is -3.09. The number of alkyl halides is 2. The van der Waals surface area contributed by atoms with Crippen LogP contribution in [0.4, 0.5) is 8.78 Å². The van der Waals surface area contributed by atoms with Crippen molar-refractivity contribution >= 4 is 33.5 Å². The van der Waals surface area contributed by atoms with Gasteiger partial charge in [0.05, 0.1) is 0 Å². The van der Waals surface area contributed by atoms with Crippen molar-refractivity contribution in [1.29, 1.82) is 0 Å². The van der Waals surface area contributed by atoms with Crippen molar-refractivity contribution in [3.05, 3.63) is 23.8 Å². The molecular weight excluding hydrogens is 340 g/mol. The first kappa shape index (κ1) is 16.4. The van der Waals surface area contributed by atoms with Gasteiger partial charge in [0, 0.05) is 14.1 Å². The average Bonchev–Trinajstić information content (AvgIpc) is 2.43. The lowest BCUT2D eigenvalue weighted by Crippen LogP contribution is -2.41. The molecule has 1 aliphatic rings. The first-order valence-electron chi connectivity index (χ1n) is 5.83. The highest BCUT2D eigenvalue weighted by molar-refractivity contribution is 7.86. The molecule has 0 saturated heterocycles. The van der Waals surface area contributed by atoms with E-state index in [1.54, 1.807) is 0 Å². The van der Waals surface area contributed by atoms with E-state index in [9.17, 15) is 17.2 Å². The van der Waals surface area contributed by atoms with E-state index in [4.69, 9.17) is 16.4 Å². The molecule has 0 saturated carbocycles. The summed E-state index contributed by atoms with van der Waals surface area (Å²) >= 11 is 5.00. The van der Waals surface area contributed by atoms with Gasteiger partial charge in [-0.2, -0.15) is 17.2 Å². The Bertz CT molecular complexity index is 737. The van der Waals surface area contributed by atoms with Crippen molar-refractivity contribution in [2.45, 2.75) is 6.61 Å². The number of hydrogen-bond acceptors (Lipinski definition) is 5. The second kappa shape index (κ2) is 6.01. The molecule has 1 N–H and O–H groups in total. The van der Waals surface area contributed by atoms with Crippen LogP contribution in [-0.4, -0.2) is 45.0 Å². The third kappa shape index (κ3) is 3.25. The molecule has 0 radical (unpaired) electrons. The van der Waals surface area contributed by atoms with Gasteiger partial charge in [-0.1, -0.05) is 6.07 Å². The monoisotopic (exact) mass is 351 g/mol. The van der Waals surface area contributed by atoms with Crippen LogP contribution in [0.3, 0.4) is 0 Å². The molecule has 0 bridgehead atoms. The van der Waals surface area contributed by atoms with Crippen molar-refractivity contribution in [2.75, 3.05) is 14.1 Å². The van der Waals surface area contributed by atoms with E-state index in [1.165, 1.54) is 37.2 Å². The number of nitrogens with one attached hydrogen (secondary N) is 1. The van der Waals surface area contributed by atoms with E-state index in [-0.39, 0.29) is 28.0 Å². The highest BCUT2D eigenvalue weighted by Crippen LogP contribution is 2.35. The summed E-state index contributed by atoms with van der Waals surface area (Å²) < 4.78 is 60.9. The quantitative estimate of drug-likeness (QED) is 0.800. The molecule has 22 heavy (non-hydrogen) atoms. The molecule has 0 spiro atoms. The minimum atomic E-state index is -4.26. The lowest BCUT2D eigenvalue weighted by Gasteiger charge is -2.26. The summed E-state index contributed by atoms with van der Waals surface area (Å²) in [5, 5.41) is 2.77. The summed E-state index contributed by atoms with van der Waals surface area (Å²) in [5.41, 5.74) is -0.0299. The zero-order valence-corrected chi connectivity index (χ0v) is 13.0. The number of amidine groups is 1. The van der Waals surface area contributed by atoms with Crippen LogP contribution in [0.25, 0.3) is 0 Å². The fourth-order valence-electron chi connectivity index (χ4n) is 1.77. The molecule has 0 aromatic heterocycles. The number of benzene rings is 1. The van der Waals surface area contributed by atoms with Gasteiger partial charge in [0.15, 0.2) is 16.7 Å². The topological polar surface area (TPSA) is 80.2 Å². The third-order valence-electron chi connectivity index (χ3n) is 2.66. The van der Waals surface area contributed by atoms with Crippen molar-refractivity contribution in [3.63, 3.8) is 0 Å². The summed E-state index contributed by atoms with van der Waals surface area (Å²) in [6, 6.07) is 3.87. The van der Waals surface area contributed by atoms with Crippen LogP contribution >= 0.6 is 12.2 Å². The average molecular weight is 351 g/mol. The first-order chi connectivity index (χ1) is 10.2. The SMILES string of the molecule is CNC(=S)N(C)C1=NS(=O)(=O)Oc2cccc(OC(F)F)c21. The Morgan fingerprint density at radius 3 is 2.77 bits per heavy atom. The van der Waals surface area contributed by atoms with E-state index in [2.05, 4.69) is 14.5 Å². The fraction of sp³-hybridized carbons (Fsp3) is 0.273. The lowest BCUT2D eigenvalue weighted by atomic mass is 10.1. The van der Waals surface area contributed by atoms with Gasteiger partial charge >= 0.3 is 16.9 Å². The molecule has 11 heteroatoms. The summed E-state index contributed by atoms with van der Waals surface area (Å²) in [4.78, 5) is 1.21. The van der Waals surface area contributed by atoms with Gasteiger partial charge in [0.25, 0.3) is 0 Å². The molecule has 0 unspecified atom stereocenters.